The van der Waals surface area contributed by atoms with E-state index in [2.05, 4.69) is 28.1 Å². The molecule has 0 amide bonds. The van der Waals surface area contributed by atoms with Crippen LogP contribution < -0.4 is 10.6 Å². The molecule has 2 aromatic rings. The first kappa shape index (κ1) is 10.5. The number of fused-ring (bicyclic) bond motifs is 1. The van der Waals surface area contributed by atoms with Gasteiger partial charge < -0.3 is 10.6 Å². The van der Waals surface area contributed by atoms with Crippen LogP contribution in [0.1, 0.15) is 6.92 Å². The van der Waals surface area contributed by atoms with Crippen molar-refractivity contribution >= 4 is 16.6 Å². The number of rotatable bonds is 1. The summed E-state index contributed by atoms with van der Waals surface area (Å²) in [6.45, 7) is 4.09. The molecule has 2 heterocycles. The molecular weight excluding hydrogens is 212 g/mol. The van der Waals surface area contributed by atoms with E-state index >= 15 is 0 Å². The van der Waals surface area contributed by atoms with E-state index < -0.39 is 0 Å². The van der Waals surface area contributed by atoms with Crippen molar-refractivity contribution in [3.8, 4) is 0 Å². The molecule has 1 aliphatic rings. The molecule has 1 aromatic heterocycles. The van der Waals surface area contributed by atoms with Gasteiger partial charge in [-0.15, -0.1) is 0 Å². The van der Waals surface area contributed by atoms with Gasteiger partial charge in [0.1, 0.15) is 0 Å². The van der Waals surface area contributed by atoms with Crippen LogP contribution in [0.25, 0.3) is 10.9 Å². The van der Waals surface area contributed by atoms with Gasteiger partial charge in [-0.1, -0.05) is 25.1 Å². The average molecular weight is 228 g/mol. The van der Waals surface area contributed by atoms with E-state index in [9.17, 15) is 0 Å². The van der Waals surface area contributed by atoms with E-state index in [0.29, 0.717) is 5.92 Å². The lowest BCUT2D eigenvalue weighted by atomic mass is 10.1. The molecule has 1 fully saturated rings. The zero-order valence-electron chi connectivity index (χ0n) is 9.87. The SMILES string of the molecule is CC1CN(c2cnnc3ccccc23)CC1N. The van der Waals surface area contributed by atoms with Crippen LogP contribution in [0, 0.1) is 5.92 Å². The maximum Gasteiger partial charge on any atom is 0.0950 e. The molecule has 4 nitrogen and oxygen atoms in total. The molecular formula is C13H16N4. The first-order chi connectivity index (χ1) is 8.25. The Labute approximate surface area is 100 Å². The Balaban J connectivity index is 2.06. The minimum atomic E-state index is 0.252. The molecule has 3 rings (SSSR count). The van der Waals surface area contributed by atoms with Crippen LogP contribution in [0.4, 0.5) is 5.69 Å². The van der Waals surface area contributed by atoms with Gasteiger partial charge in [-0.3, -0.25) is 0 Å². The van der Waals surface area contributed by atoms with E-state index in [4.69, 9.17) is 5.73 Å². The molecule has 4 heteroatoms. The van der Waals surface area contributed by atoms with Crippen molar-refractivity contribution in [3.05, 3.63) is 30.5 Å². The van der Waals surface area contributed by atoms with Crippen LogP contribution in [-0.2, 0) is 0 Å². The molecule has 1 aromatic carbocycles. The van der Waals surface area contributed by atoms with Crippen molar-refractivity contribution in [1.82, 2.24) is 10.2 Å². The summed E-state index contributed by atoms with van der Waals surface area (Å²) in [4.78, 5) is 2.31. The maximum atomic E-state index is 6.07. The summed E-state index contributed by atoms with van der Waals surface area (Å²) in [6, 6.07) is 8.35. The Bertz CT molecular complexity index is 524. The van der Waals surface area contributed by atoms with Gasteiger partial charge in [0.2, 0.25) is 0 Å². The lowest BCUT2D eigenvalue weighted by Gasteiger charge is -2.19. The minimum Gasteiger partial charge on any atom is -0.368 e. The van der Waals surface area contributed by atoms with Gasteiger partial charge >= 0.3 is 0 Å². The predicted octanol–water partition coefficient (Wildman–Crippen LogP) is 1.41. The highest BCUT2D eigenvalue weighted by Gasteiger charge is 2.27. The van der Waals surface area contributed by atoms with E-state index in [-0.39, 0.29) is 6.04 Å². The summed E-state index contributed by atoms with van der Waals surface area (Å²) >= 11 is 0. The quantitative estimate of drug-likeness (QED) is 0.802. The summed E-state index contributed by atoms with van der Waals surface area (Å²) in [5, 5.41) is 9.37. The van der Waals surface area contributed by atoms with Crippen LogP contribution in [0.5, 0.6) is 0 Å². The van der Waals surface area contributed by atoms with Gasteiger partial charge in [-0.2, -0.15) is 10.2 Å². The van der Waals surface area contributed by atoms with Gasteiger partial charge in [0.05, 0.1) is 17.4 Å². The lowest BCUT2D eigenvalue weighted by molar-refractivity contribution is 0.566. The monoisotopic (exact) mass is 228 g/mol. The van der Waals surface area contributed by atoms with Crippen LogP contribution in [0.3, 0.4) is 0 Å². The van der Waals surface area contributed by atoms with E-state index in [0.717, 1.165) is 29.7 Å². The van der Waals surface area contributed by atoms with E-state index in [1.165, 1.54) is 0 Å². The maximum absolute atomic E-state index is 6.07. The molecule has 2 unspecified atom stereocenters. The third-order valence-electron chi connectivity index (χ3n) is 3.54. The Morgan fingerprint density at radius 1 is 1.29 bits per heavy atom. The average Bonchev–Trinajstić information content (AvgIpc) is 2.69. The lowest BCUT2D eigenvalue weighted by Crippen LogP contribution is -2.28. The highest BCUT2D eigenvalue weighted by Crippen LogP contribution is 2.28. The van der Waals surface area contributed by atoms with E-state index in [1.807, 2.05) is 24.4 Å². The van der Waals surface area contributed by atoms with Crippen LogP contribution >= 0.6 is 0 Å². The standard InChI is InChI=1S/C13H16N4/c1-9-7-17(8-11(9)14)13-6-15-16-12-5-3-2-4-10(12)13/h2-6,9,11H,7-8,14H2,1H3. The van der Waals surface area contributed by atoms with Crippen molar-refractivity contribution in [2.24, 2.45) is 11.7 Å². The molecule has 1 aliphatic heterocycles. The largest absolute Gasteiger partial charge is 0.368 e. The number of nitrogens with zero attached hydrogens (tertiary/aromatic N) is 3. The summed E-state index contributed by atoms with van der Waals surface area (Å²) in [7, 11) is 0. The Morgan fingerprint density at radius 3 is 2.88 bits per heavy atom. The smallest absolute Gasteiger partial charge is 0.0950 e. The Hall–Kier alpha value is -1.68. The Kier molecular flexibility index (Phi) is 2.44. The van der Waals surface area contributed by atoms with Gasteiger partial charge in [-0.25, -0.2) is 0 Å². The van der Waals surface area contributed by atoms with Gasteiger partial charge in [0, 0.05) is 24.5 Å². The molecule has 88 valence electrons. The molecule has 0 saturated carbocycles. The van der Waals surface area contributed by atoms with Crippen molar-refractivity contribution in [1.29, 1.82) is 0 Å². The second kappa shape index (κ2) is 3.96. The summed E-state index contributed by atoms with van der Waals surface area (Å²) in [5.41, 5.74) is 8.16. The number of hydrogen-bond acceptors (Lipinski definition) is 4. The van der Waals surface area contributed by atoms with Crippen molar-refractivity contribution < 1.29 is 0 Å². The van der Waals surface area contributed by atoms with Gasteiger partial charge in [-0.05, 0) is 12.0 Å². The van der Waals surface area contributed by atoms with Gasteiger partial charge in [0.15, 0.2) is 0 Å². The zero-order chi connectivity index (χ0) is 11.8. The Morgan fingerprint density at radius 2 is 2.12 bits per heavy atom. The molecule has 0 aliphatic carbocycles. The highest BCUT2D eigenvalue weighted by atomic mass is 15.2. The van der Waals surface area contributed by atoms with Crippen LogP contribution in [0.2, 0.25) is 0 Å². The fraction of sp³-hybridized carbons (Fsp3) is 0.385. The molecule has 1 saturated heterocycles. The second-order valence-electron chi connectivity index (χ2n) is 4.79. The summed E-state index contributed by atoms with van der Waals surface area (Å²) in [5.74, 6) is 0.530. The fourth-order valence-corrected chi connectivity index (χ4v) is 2.43. The number of benzene rings is 1. The third-order valence-corrected chi connectivity index (χ3v) is 3.54. The van der Waals surface area contributed by atoms with E-state index in [1.54, 1.807) is 0 Å². The topological polar surface area (TPSA) is 55.0 Å². The first-order valence-electron chi connectivity index (χ1n) is 5.96. The van der Waals surface area contributed by atoms with Gasteiger partial charge in [0.25, 0.3) is 0 Å². The van der Waals surface area contributed by atoms with Crippen LogP contribution in [0.15, 0.2) is 30.5 Å². The van der Waals surface area contributed by atoms with Crippen molar-refractivity contribution in [2.45, 2.75) is 13.0 Å². The number of aromatic nitrogens is 2. The predicted molar refractivity (Wildman–Crippen MR) is 68.9 cm³/mol. The molecule has 0 radical (unpaired) electrons. The summed E-state index contributed by atoms with van der Waals surface area (Å²) < 4.78 is 0. The first-order valence-corrected chi connectivity index (χ1v) is 5.96. The molecule has 0 spiro atoms. The molecule has 17 heavy (non-hydrogen) atoms. The zero-order valence-corrected chi connectivity index (χ0v) is 9.87. The summed E-state index contributed by atoms with van der Waals surface area (Å²) in [6.07, 6.45) is 1.84. The fourth-order valence-electron chi connectivity index (χ4n) is 2.43. The number of anilines is 1. The minimum absolute atomic E-state index is 0.252. The highest BCUT2D eigenvalue weighted by molar-refractivity contribution is 5.90. The molecule has 2 N–H and O–H groups in total. The number of hydrogen-bond donors (Lipinski definition) is 1. The molecule has 2 atom stereocenters. The second-order valence-corrected chi connectivity index (χ2v) is 4.79. The third kappa shape index (κ3) is 1.74. The normalized spacial score (nSPS) is 24.5. The number of nitrogens with two attached hydrogens (primary N) is 1. The van der Waals surface area contributed by atoms with Crippen LogP contribution in [-0.4, -0.2) is 29.3 Å². The van der Waals surface area contributed by atoms with Crippen molar-refractivity contribution in [2.75, 3.05) is 18.0 Å². The van der Waals surface area contributed by atoms with Crippen molar-refractivity contribution in [3.63, 3.8) is 0 Å². The molecule has 0 bridgehead atoms.